The van der Waals surface area contributed by atoms with Crippen LogP contribution in [0.3, 0.4) is 0 Å². The van der Waals surface area contributed by atoms with Gasteiger partial charge < -0.3 is 24.9 Å². The van der Waals surface area contributed by atoms with Crippen LogP contribution in [0.5, 0.6) is 0 Å². The molecule has 4 heterocycles. The predicted molar refractivity (Wildman–Crippen MR) is 126 cm³/mol. The number of anilines is 3. The molecule has 8 heteroatoms. The van der Waals surface area contributed by atoms with Gasteiger partial charge in [-0.1, -0.05) is 24.3 Å². The van der Waals surface area contributed by atoms with Crippen molar-refractivity contribution in [2.45, 2.75) is 39.4 Å². The van der Waals surface area contributed by atoms with Crippen LogP contribution in [0.15, 0.2) is 46.9 Å². The summed E-state index contributed by atoms with van der Waals surface area (Å²) < 4.78 is 5.59. The molecule has 0 radical (unpaired) electrons. The molecule has 2 aliphatic heterocycles. The number of hydrogen-bond donors (Lipinski definition) is 2. The maximum atomic E-state index is 5.59. The summed E-state index contributed by atoms with van der Waals surface area (Å²) in [5.41, 5.74) is 2.70. The summed E-state index contributed by atoms with van der Waals surface area (Å²) in [6, 6.07) is 14.5. The first-order chi connectivity index (χ1) is 15.1. The second-order valence-electron chi connectivity index (χ2n) is 8.05. The highest BCUT2D eigenvalue weighted by Crippen LogP contribution is 2.30. The normalized spacial score (nSPS) is 15.3. The van der Waals surface area contributed by atoms with Crippen LogP contribution in [-0.4, -0.2) is 28.2 Å². The standard InChI is InChI=1S/C23H26N6OS/c1-16-8-9-19(30-16)13-24-23(31)27-22-25-20(28-10-4-5-11-28)12-21(26-22)29-14-17-6-2-3-7-18(17)15-29/h2-3,6-9,12H,4-5,10-11,13-15H2,1H3,(H2,24,25,26,27,31). The summed E-state index contributed by atoms with van der Waals surface area (Å²) in [4.78, 5) is 14.2. The quantitative estimate of drug-likeness (QED) is 0.585. The lowest BCUT2D eigenvalue weighted by atomic mass is 10.1. The van der Waals surface area contributed by atoms with E-state index >= 15 is 0 Å². The Labute approximate surface area is 187 Å². The molecule has 1 aromatic carbocycles. The van der Waals surface area contributed by atoms with E-state index in [1.54, 1.807) is 0 Å². The molecular weight excluding hydrogens is 408 g/mol. The molecule has 31 heavy (non-hydrogen) atoms. The molecule has 1 fully saturated rings. The second kappa shape index (κ2) is 8.55. The minimum Gasteiger partial charge on any atom is -0.465 e. The summed E-state index contributed by atoms with van der Waals surface area (Å²) in [6.45, 7) is 6.20. The highest BCUT2D eigenvalue weighted by Gasteiger charge is 2.23. The first kappa shape index (κ1) is 19.8. The van der Waals surface area contributed by atoms with Crippen molar-refractivity contribution in [1.29, 1.82) is 0 Å². The van der Waals surface area contributed by atoms with Gasteiger partial charge in [-0.3, -0.25) is 0 Å². The second-order valence-corrected chi connectivity index (χ2v) is 8.46. The lowest BCUT2D eigenvalue weighted by molar-refractivity contribution is 0.478. The summed E-state index contributed by atoms with van der Waals surface area (Å²) >= 11 is 5.48. The molecule has 2 aromatic heterocycles. The van der Waals surface area contributed by atoms with Gasteiger partial charge in [-0.25, -0.2) is 0 Å². The van der Waals surface area contributed by atoms with E-state index in [1.807, 2.05) is 19.1 Å². The van der Waals surface area contributed by atoms with Gasteiger partial charge in [0, 0.05) is 32.2 Å². The first-order valence-electron chi connectivity index (χ1n) is 10.7. The van der Waals surface area contributed by atoms with Crippen molar-refractivity contribution in [2.24, 2.45) is 0 Å². The number of thiocarbonyl (C=S) groups is 1. The molecule has 0 atom stereocenters. The van der Waals surface area contributed by atoms with Gasteiger partial charge in [0.05, 0.1) is 6.54 Å². The van der Waals surface area contributed by atoms with Crippen LogP contribution in [0, 0.1) is 6.92 Å². The van der Waals surface area contributed by atoms with Crippen LogP contribution >= 0.6 is 12.2 Å². The summed E-state index contributed by atoms with van der Waals surface area (Å²) in [7, 11) is 0. The number of furan rings is 1. The van der Waals surface area contributed by atoms with E-state index in [1.165, 1.54) is 24.0 Å². The zero-order chi connectivity index (χ0) is 21.2. The van der Waals surface area contributed by atoms with Crippen LogP contribution < -0.4 is 20.4 Å². The maximum Gasteiger partial charge on any atom is 0.232 e. The van der Waals surface area contributed by atoms with Crippen LogP contribution in [0.1, 0.15) is 35.5 Å². The van der Waals surface area contributed by atoms with Crippen molar-refractivity contribution < 1.29 is 4.42 Å². The molecule has 0 unspecified atom stereocenters. The third-order valence-corrected chi connectivity index (χ3v) is 5.98. The van der Waals surface area contributed by atoms with Crippen molar-refractivity contribution in [2.75, 3.05) is 28.2 Å². The molecule has 0 amide bonds. The SMILES string of the molecule is Cc1ccc(CNC(=S)Nc2nc(N3CCCC3)cc(N3Cc4ccccc4C3)n2)o1. The number of aromatic nitrogens is 2. The fourth-order valence-electron chi connectivity index (χ4n) is 4.14. The van der Waals surface area contributed by atoms with E-state index in [0.29, 0.717) is 17.6 Å². The molecule has 1 saturated heterocycles. The van der Waals surface area contributed by atoms with Gasteiger partial charge in [0.15, 0.2) is 5.11 Å². The lowest BCUT2D eigenvalue weighted by Crippen LogP contribution is -2.29. The van der Waals surface area contributed by atoms with E-state index in [2.05, 4.69) is 50.8 Å². The third kappa shape index (κ3) is 4.49. The molecule has 2 N–H and O–H groups in total. The molecule has 0 spiro atoms. The van der Waals surface area contributed by atoms with Crippen LogP contribution in [0.4, 0.5) is 17.6 Å². The van der Waals surface area contributed by atoms with Gasteiger partial charge >= 0.3 is 0 Å². The minimum atomic E-state index is 0.475. The Morgan fingerprint density at radius 2 is 1.68 bits per heavy atom. The first-order valence-corrected chi connectivity index (χ1v) is 11.1. The van der Waals surface area contributed by atoms with Crippen LogP contribution in [0.25, 0.3) is 0 Å². The average Bonchev–Trinajstić information content (AvgIpc) is 3.52. The number of rotatable bonds is 5. The molecule has 0 bridgehead atoms. The number of hydrogen-bond acceptors (Lipinski definition) is 6. The molecule has 7 nitrogen and oxygen atoms in total. The number of fused-ring (bicyclic) bond motifs is 1. The lowest BCUT2D eigenvalue weighted by Gasteiger charge is -2.22. The topological polar surface area (TPSA) is 69.5 Å². The Morgan fingerprint density at radius 1 is 1.00 bits per heavy atom. The summed E-state index contributed by atoms with van der Waals surface area (Å²) in [5, 5.41) is 6.82. The fourth-order valence-corrected chi connectivity index (χ4v) is 4.30. The molecule has 3 aromatic rings. The van der Waals surface area contributed by atoms with Crippen LogP contribution in [0.2, 0.25) is 0 Å². The van der Waals surface area contributed by atoms with Crippen molar-refractivity contribution in [1.82, 2.24) is 15.3 Å². The highest BCUT2D eigenvalue weighted by molar-refractivity contribution is 7.80. The monoisotopic (exact) mass is 434 g/mol. The van der Waals surface area contributed by atoms with E-state index in [4.69, 9.17) is 26.6 Å². The number of benzene rings is 1. The van der Waals surface area contributed by atoms with Gasteiger partial charge in [0.1, 0.15) is 23.2 Å². The Balaban J connectivity index is 1.34. The van der Waals surface area contributed by atoms with Crippen molar-refractivity contribution in [3.8, 4) is 0 Å². The van der Waals surface area contributed by atoms with E-state index in [-0.39, 0.29) is 0 Å². The molecule has 0 aliphatic carbocycles. The Morgan fingerprint density at radius 3 is 2.32 bits per heavy atom. The summed E-state index contributed by atoms with van der Waals surface area (Å²) in [6.07, 6.45) is 2.39. The van der Waals surface area contributed by atoms with Crippen LogP contribution in [-0.2, 0) is 19.6 Å². The molecular formula is C23H26N6OS. The predicted octanol–water partition coefficient (Wildman–Crippen LogP) is 3.99. The number of nitrogens with zero attached hydrogens (tertiary/aromatic N) is 4. The zero-order valence-electron chi connectivity index (χ0n) is 17.6. The summed E-state index contributed by atoms with van der Waals surface area (Å²) in [5.74, 6) is 4.10. The maximum absolute atomic E-state index is 5.59. The van der Waals surface area contributed by atoms with E-state index < -0.39 is 0 Å². The van der Waals surface area contributed by atoms with E-state index in [0.717, 1.165) is 49.3 Å². The largest absolute Gasteiger partial charge is 0.465 e. The van der Waals surface area contributed by atoms with Gasteiger partial charge in [-0.2, -0.15) is 9.97 Å². The van der Waals surface area contributed by atoms with Gasteiger partial charge in [0.25, 0.3) is 0 Å². The number of aryl methyl sites for hydroxylation is 1. The van der Waals surface area contributed by atoms with Gasteiger partial charge in [0.2, 0.25) is 5.95 Å². The fraction of sp³-hybridized carbons (Fsp3) is 0.348. The van der Waals surface area contributed by atoms with E-state index in [9.17, 15) is 0 Å². The number of nitrogens with one attached hydrogen (secondary N) is 2. The smallest absolute Gasteiger partial charge is 0.232 e. The minimum absolute atomic E-state index is 0.475. The Hall–Kier alpha value is -3.13. The third-order valence-electron chi connectivity index (χ3n) is 5.74. The zero-order valence-corrected chi connectivity index (χ0v) is 18.4. The highest BCUT2D eigenvalue weighted by atomic mass is 32.1. The molecule has 5 rings (SSSR count). The average molecular weight is 435 g/mol. The Kier molecular flexibility index (Phi) is 5.46. The van der Waals surface area contributed by atoms with Gasteiger partial charge in [-0.05, 0) is 55.2 Å². The molecule has 0 saturated carbocycles. The molecule has 160 valence electrons. The van der Waals surface area contributed by atoms with Crippen molar-refractivity contribution >= 4 is 34.9 Å². The Bertz CT molecular complexity index is 1070. The van der Waals surface area contributed by atoms with Crippen molar-refractivity contribution in [3.05, 3.63) is 65.1 Å². The molecule has 2 aliphatic rings. The van der Waals surface area contributed by atoms with Crippen molar-refractivity contribution in [3.63, 3.8) is 0 Å². The van der Waals surface area contributed by atoms with Gasteiger partial charge in [-0.15, -0.1) is 0 Å².